The van der Waals surface area contributed by atoms with Crippen LogP contribution in [0.3, 0.4) is 0 Å². The third kappa shape index (κ3) is 4.21. The molecule has 3 heterocycles. The van der Waals surface area contributed by atoms with Crippen molar-refractivity contribution in [3.05, 3.63) is 43.5 Å². The quantitative estimate of drug-likeness (QED) is 0.493. The zero-order chi connectivity index (χ0) is 22.5. The molecule has 0 fully saturated rings. The molecule has 0 spiro atoms. The molecule has 0 unspecified atom stereocenters. The normalized spacial score (nSPS) is 21.0. The van der Waals surface area contributed by atoms with Crippen LogP contribution >= 0.6 is 50.4 Å². The number of carbonyl (C=O) groups is 1. The number of ketones is 1. The van der Waals surface area contributed by atoms with E-state index in [0.29, 0.717) is 40.2 Å². The van der Waals surface area contributed by atoms with Crippen LogP contribution < -0.4 is 10.6 Å². The summed E-state index contributed by atoms with van der Waals surface area (Å²) >= 11 is 8.08. The molecule has 4 rings (SSSR count). The average molecular weight is 537 g/mol. The van der Waals surface area contributed by atoms with Gasteiger partial charge in [0, 0.05) is 37.7 Å². The van der Waals surface area contributed by atoms with E-state index >= 15 is 0 Å². The van der Waals surface area contributed by atoms with E-state index in [0.717, 1.165) is 19.4 Å². The second-order valence-corrected chi connectivity index (χ2v) is 13.3. The highest BCUT2D eigenvalue weighted by Gasteiger charge is 2.45. The molecule has 2 aromatic heterocycles. The summed E-state index contributed by atoms with van der Waals surface area (Å²) in [5.41, 5.74) is 8.29. The molecular weight excluding hydrogens is 514 g/mol. The van der Waals surface area contributed by atoms with E-state index in [-0.39, 0.29) is 11.2 Å². The number of hydrogen-bond acceptors (Lipinski definition) is 9. The van der Waals surface area contributed by atoms with Crippen molar-refractivity contribution in [1.82, 2.24) is 10.2 Å². The molecule has 0 aromatic carbocycles. The van der Waals surface area contributed by atoms with Gasteiger partial charge in [0.2, 0.25) is 5.13 Å². The highest BCUT2D eigenvalue weighted by molar-refractivity contribution is 9.10. The van der Waals surface area contributed by atoms with Gasteiger partial charge in [-0.1, -0.05) is 50.8 Å². The minimum Gasteiger partial charge on any atom is -0.384 e. The Morgan fingerprint density at radius 2 is 2.13 bits per heavy atom. The number of halogens is 1. The van der Waals surface area contributed by atoms with Gasteiger partial charge in [0.1, 0.15) is 5.82 Å². The Kier molecular flexibility index (Phi) is 6.07. The molecule has 2 N–H and O–H groups in total. The number of nitriles is 1. The Balaban J connectivity index is 1.92. The Labute approximate surface area is 202 Å². The number of anilines is 1. The van der Waals surface area contributed by atoms with E-state index in [1.54, 1.807) is 16.7 Å². The molecule has 0 amide bonds. The van der Waals surface area contributed by atoms with E-state index in [4.69, 9.17) is 5.73 Å². The Morgan fingerprint density at radius 3 is 2.74 bits per heavy atom. The first-order valence-electron chi connectivity index (χ1n) is 9.81. The molecule has 2 aromatic rings. The van der Waals surface area contributed by atoms with E-state index in [9.17, 15) is 10.1 Å². The van der Waals surface area contributed by atoms with Crippen LogP contribution in [0.15, 0.2) is 42.9 Å². The predicted molar refractivity (Wildman–Crippen MR) is 130 cm³/mol. The molecule has 0 saturated heterocycles. The number of allylic oxidation sites excluding steroid dienone is 3. The highest BCUT2D eigenvalue weighted by atomic mass is 79.9. The number of Topliss-reactive ketones (excluding diaryl/α,β-unsaturated/α-hetero) is 1. The highest BCUT2D eigenvalue weighted by Crippen LogP contribution is 2.51. The zero-order valence-corrected chi connectivity index (χ0v) is 21.6. The van der Waals surface area contributed by atoms with Crippen LogP contribution in [-0.4, -0.2) is 21.2 Å². The summed E-state index contributed by atoms with van der Waals surface area (Å²) in [5, 5.41) is 21.7. The number of rotatable bonds is 4. The molecule has 2 aliphatic rings. The van der Waals surface area contributed by atoms with Crippen LogP contribution in [0.25, 0.3) is 0 Å². The van der Waals surface area contributed by atoms with Gasteiger partial charge >= 0.3 is 0 Å². The van der Waals surface area contributed by atoms with Crippen molar-refractivity contribution in [2.75, 3.05) is 4.90 Å². The fourth-order valence-electron chi connectivity index (χ4n) is 4.03. The van der Waals surface area contributed by atoms with Crippen LogP contribution in [0.5, 0.6) is 0 Å². The van der Waals surface area contributed by atoms with Crippen molar-refractivity contribution in [2.24, 2.45) is 11.1 Å². The molecule has 1 aliphatic carbocycles. The van der Waals surface area contributed by atoms with Crippen molar-refractivity contribution in [1.29, 1.82) is 5.26 Å². The number of thiophene rings is 1. The van der Waals surface area contributed by atoms with Gasteiger partial charge in [0.15, 0.2) is 10.1 Å². The maximum Gasteiger partial charge on any atom is 0.219 e. The summed E-state index contributed by atoms with van der Waals surface area (Å²) in [6, 6.07) is 4.26. The smallest absolute Gasteiger partial charge is 0.219 e. The minimum absolute atomic E-state index is 0.0623. The fraction of sp³-hybridized carbons (Fsp3) is 0.429. The number of aromatic nitrogens is 2. The van der Waals surface area contributed by atoms with Crippen LogP contribution in [0.4, 0.5) is 5.13 Å². The largest absolute Gasteiger partial charge is 0.384 e. The second kappa shape index (κ2) is 8.35. The first kappa shape index (κ1) is 22.5. The molecule has 1 aliphatic heterocycles. The molecule has 31 heavy (non-hydrogen) atoms. The van der Waals surface area contributed by atoms with Crippen LogP contribution in [-0.2, 0) is 4.79 Å². The summed E-state index contributed by atoms with van der Waals surface area (Å²) < 4.78 is 1.76. The van der Waals surface area contributed by atoms with Crippen LogP contribution in [0, 0.1) is 16.7 Å². The minimum atomic E-state index is -0.450. The molecule has 10 heteroatoms. The molecule has 0 radical (unpaired) electrons. The van der Waals surface area contributed by atoms with Crippen molar-refractivity contribution < 1.29 is 4.79 Å². The third-order valence-electron chi connectivity index (χ3n) is 5.18. The lowest BCUT2D eigenvalue weighted by atomic mass is 9.70. The second-order valence-electron chi connectivity index (χ2n) is 8.66. The van der Waals surface area contributed by atoms with Gasteiger partial charge in [-0.25, -0.2) is 0 Å². The van der Waals surface area contributed by atoms with Crippen molar-refractivity contribution in [3.63, 3.8) is 0 Å². The lowest BCUT2D eigenvalue weighted by Crippen LogP contribution is -2.42. The lowest BCUT2D eigenvalue weighted by molar-refractivity contribution is -0.118. The topological polar surface area (TPSA) is 95.9 Å². The van der Waals surface area contributed by atoms with Crippen LogP contribution in [0.2, 0.25) is 0 Å². The SMILES string of the molecule is CC(C)Sc1nnc(N2C(N)=C(C#N)[C@H](c3cc(Br)cs3)C3=C2CC(C)(C)CC3=O)s1. The van der Waals surface area contributed by atoms with E-state index in [1.165, 1.54) is 22.7 Å². The van der Waals surface area contributed by atoms with E-state index < -0.39 is 5.92 Å². The number of nitrogens with zero attached hydrogens (tertiary/aromatic N) is 4. The van der Waals surface area contributed by atoms with Gasteiger partial charge < -0.3 is 5.73 Å². The van der Waals surface area contributed by atoms with Gasteiger partial charge in [-0.2, -0.15) is 5.26 Å². The number of carbonyl (C=O) groups excluding carboxylic acids is 1. The Bertz CT molecular complexity index is 1150. The summed E-state index contributed by atoms with van der Waals surface area (Å²) in [6.07, 6.45) is 1.11. The molecular formula is C21H22BrN5OS3. The summed E-state index contributed by atoms with van der Waals surface area (Å²) in [7, 11) is 0. The Hall–Kier alpha value is -1.67. The van der Waals surface area contributed by atoms with Crippen molar-refractivity contribution in [3.8, 4) is 6.07 Å². The van der Waals surface area contributed by atoms with Gasteiger partial charge in [-0.05, 0) is 33.8 Å². The van der Waals surface area contributed by atoms with E-state index in [1.807, 2.05) is 11.4 Å². The standard InChI is InChI=1S/C21H22BrN5OS3/c1-10(2)30-20-26-25-19(31-20)27-13-6-21(3,4)7-14(28)17(13)16(12(8-23)18(27)24)15-5-11(22)9-29-15/h5,9-10,16H,6-7,24H2,1-4H3/t16-/m1/s1. The summed E-state index contributed by atoms with van der Waals surface area (Å²) in [5.74, 6) is -0.0561. The molecule has 0 saturated carbocycles. The maximum absolute atomic E-state index is 13.4. The van der Waals surface area contributed by atoms with Crippen molar-refractivity contribution >= 4 is 61.3 Å². The molecule has 6 nitrogen and oxygen atoms in total. The van der Waals surface area contributed by atoms with Gasteiger partial charge in [0.25, 0.3) is 0 Å². The summed E-state index contributed by atoms with van der Waals surface area (Å²) in [6.45, 7) is 8.37. The van der Waals surface area contributed by atoms with Gasteiger partial charge in [-0.3, -0.25) is 9.69 Å². The number of nitrogens with two attached hydrogens (primary N) is 1. The monoisotopic (exact) mass is 535 g/mol. The first-order chi connectivity index (χ1) is 14.6. The molecule has 1 atom stereocenters. The maximum atomic E-state index is 13.4. The average Bonchev–Trinajstić information content (AvgIpc) is 3.28. The number of thioether (sulfide) groups is 1. The predicted octanol–water partition coefficient (Wildman–Crippen LogP) is 5.80. The van der Waals surface area contributed by atoms with Gasteiger partial charge in [-0.15, -0.1) is 21.5 Å². The number of hydrogen-bond donors (Lipinski definition) is 1. The van der Waals surface area contributed by atoms with Crippen molar-refractivity contribution in [2.45, 2.75) is 56.0 Å². The Morgan fingerprint density at radius 1 is 1.39 bits per heavy atom. The fourth-order valence-corrected chi connectivity index (χ4v) is 7.70. The first-order valence-corrected chi connectivity index (χ1v) is 13.2. The molecule has 0 bridgehead atoms. The third-order valence-corrected chi connectivity index (χ3v) is 8.93. The van der Waals surface area contributed by atoms with Gasteiger partial charge in [0.05, 0.1) is 17.6 Å². The summed E-state index contributed by atoms with van der Waals surface area (Å²) in [4.78, 5) is 16.2. The molecule has 162 valence electrons. The van der Waals surface area contributed by atoms with E-state index in [2.05, 4.69) is 59.9 Å². The zero-order valence-electron chi connectivity index (χ0n) is 17.6. The van der Waals surface area contributed by atoms with Crippen LogP contribution in [0.1, 0.15) is 51.3 Å². The lowest BCUT2D eigenvalue weighted by Gasteiger charge is -2.42.